The van der Waals surface area contributed by atoms with E-state index < -0.39 is 0 Å². The topological polar surface area (TPSA) is 67.1 Å². The zero-order chi connectivity index (χ0) is 13.8. The summed E-state index contributed by atoms with van der Waals surface area (Å²) >= 11 is 2.02. The van der Waals surface area contributed by atoms with Crippen molar-refractivity contribution in [3.63, 3.8) is 0 Å². The van der Waals surface area contributed by atoms with Crippen molar-refractivity contribution in [2.45, 2.75) is 33.1 Å². The van der Waals surface area contributed by atoms with E-state index in [1.807, 2.05) is 18.7 Å². The van der Waals surface area contributed by atoms with Gasteiger partial charge in [0.15, 0.2) is 0 Å². The van der Waals surface area contributed by atoms with Gasteiger partial charge in [-0.05, 0) is 19.1 Å². The van der Waals surface area contributed by atoms with E-state index in [-0.39, 0.29) is 0 Å². The predicted octanol–water partition coefficient (Wildman–Crippen LogP) is 2.14. The number of hydrazine groups is 1. The Balaban J connectivity index is 2.38. The van der Waals surface area contributed by atoms with E-state index >= 15 is 0 Å². The smallest absolute Gasteiger partial charge is 0.148 e. The van der Waals surface area contributed by atoms with Crippen LogP contribution >= 0.6 is 11.8 Å². The number of thioether (sulfide) groups is 1. The highest BCUT2D eigenvalue weighted by Gasteiger charge is 2.18. The van der Waals surface area contributed by atoms with Crippen molar-refractivity contribution in [3.05, 3.63) is 11.4 Å². The number of hydrogen-bond acceptors (Lipinski definition) is 6. The number of nitrogens with one attached hydrogen (secondary N) is 1. The van der Waals surface area contributed by atoms with Crippen LogP contribution in [0, 0.1) is 6.92 Å². The van der Waals surface area contributed by atoms with Gasteiger partial charge in [0.05, 0.1) is 0 Å². The summed E-state index contributed by atoms with van der Waals surface area (Å²) in [6.07, 6.45) is 1.20. The third kappa shape index (κ3) is 3.30. The lowest BCUT2D eigenvalue weighted by atomic mass is 10.2. The summed E-state index contributed by atoms with van der Waals surface area (Å²) in [5.41, 5.74) is 3.74. The second-order valence-corrected chi connectivity index (χ2v) is 6.36. The Hall–Kier alpha value is -1.01. The number of nitrogen functional groups attached to an aromatic ring is 1. The molecule has 0 unspecified atom stereocenters. The van der Waals surface area contributed by atoms with Crippen LogP contribution in [0.5, 0.6) is 0 Å². The van der Waals surface area contributed by atoms with E-state index in [1.165, 1.54) is 12.2 Å². The van der Waals surface area contributed by atoms with E-state index in [2.05, 4.69) is 29.2 Å². The lowest BCUT2D eigenvalue weighted by molar-refractivity contribution is 0.742. The van der Waals surface area contributed by atoms with Crippen molar-refractivity contribution in [2.75, 3.05) is 34.9 Å². The summed E-state index contributed by atoms with van der Waals surface area (Å²) in [5, 5.41) is 0. The molecule has 3 N–H and O–H groups in total. The van der Waals surface area contributed by atoms with Gasteiger partial charge in [-0.1, -0.05) is 13.8 Å². The van der Waals surface area contributed by atoms with E-state index in [0.717, 1.165) is 41.9 Å². The molecule has 0 bridgehead atoms. The zero-order valence-corrected chi connectivity index (χ0v) is 12.8. The number of rotatable bonds is 3. The number of aromatic nitrogens is 2. The minimum atomic E-state index is 0.299. The summed E-state index contributed by atoms with van der Waals surface area (Å²) in [6, 6.07) is 0. The molecular formula is C13H23N5S. The van der Waals surface area contributed by atoms with Crippen LogP contribution in [0.25, 0.3) is 0 Å². The highest BCUT2D eigenvalue weighted by Crippen LogP contribution is 2.27. The van der Waals surface area contributed by atoms with E-state index in [4.69, 9.17) is 10.8 Å². The second kappa shape index (κ2) is 6.43. The Bertz CT molecular complexity index is 427. The van der Waals surface area contributed by atoms with Crippen LogP contribution in [0.4, 0.5) is 11.6 Å². The molecule has 0 atom stereocenters. The molecule has 5 nitrogen and oxygen atoms in total. The molecule has 106 valence electrons. The Morgan fingerprint density at radius 2 is 2.05 bits per heavy atom. The first-order valence-electron chi connectivity index (χ1n) is 6.81. The Labute approximate surface area is 119 Å². The second-order valence-electron chi connectivity index (χ2n) is 5.13. The van der Waals surface area contributed by atoms with Gasteiger partial charge in [0, 0.05) is 30.3 Å². The molecule has 1 aliphatic rings. The fraction of sp³-hybridized carbons (Fsp3) is 0.692. The SMILES string of the molecule is Cc1c(NN)nc(C(C)C)nc1N1CCCSCC1. The van der Waals surface area contributed by atoms with Gasteiger partial charge in [-0.2, -0.15) is 11.8 Å². The molecule has 0 aromatic carbocycles. The third-order valence-corrected chi connectivity index (χ3v) is 4.36. The normalized spacial score (nSPS) is 16.6. The quantitative estimate of drug-likeness (QED) is 0.653. The summed E-state index contributed by atoms with van der Waals surface area (Å²) in [4.78, 5) is 11.6. The van der Waals surface area contributed by atoms with Crippen LogP contribution in [0.2, 0.25) is 0 Å². The van der Waals surface area contributed by atoms with E-state index in [9.17, 15) is 0 Å². The van der Waals surface area contributed by atoms with Crippen LogP contribution < -0.4 is 16.2 Å². The molecule has 1 aliphatic heterocycles. The Morgan fingerprint density at radius 1 is 1.26 bits per heavy atom. The Kier molecular flexibility index (Phi) is 4.87. The third-order valence-electron chi connectivity index (χ3n) is 3.31. The zero-order valence-electron chi connectivity index (χ0n) is 11.9. The van der Waals surface area contributed by atoms with Crippen LogP contribution in [0.1, 0.15) is 37.6 Å². The molecule has 2 heterocycles. The molecule has 6 heteroatoms. The molecule has 1 saturated heterocycles. The monoisotopic (exact) mass is 281 g/mol. The van der Waals surface area contributed by atoms with Gasteiger partial charge < -0.3 is 10.3 Å². The molecule has 0 amide bonds. The highest BCUT2D eigenvalue weighted by atomic mass is 32.2. The first kappa shape index (κ1) is 14.4. The maximum Gasteiger partial charge on any atom is 0.148 e. The average molecular weight is 281 g/mol. The van der Waals surface area contributed by atoms with Gasteiger partial charge in [-0.15, -0.1) is 0 Å². The van der Waals surface area contributed by atoms with Crippen molar-refractivity contribution in [3.8, 4) is 0 Å². The standard InChI is InChI=1S/C13H23N5S/c1-9(2)11-15-12(17-14)10(3)13(16-11)18-5-4-7-19-8-6-18/h9H,4-8,14H2,1-3H3,(H,15,16,17). The molecule has 0 aliphatic carbocycles. The van der Waals surface area contributed by atoms with E-state index in [1.54, 1.807) is 0 Å². The molecule has 2 rings (SSSR count). The van der Waals surface area contributed by atoms with Crippen molar-refractivity contribution in [2.24, 2.45) is 5.84 Å². The van der Waals surface area contributed by atoms with Gasteiger partial charge in [0.2, 0.25) is 0 Å². The predicted molar refractivity (Wildman–Crippen MR) is 82.8 cm³/mol. The highest BCUT2D eigenvalue weighted by molar-refractivity contribution is 7.99. The fourth-order valence-corrected chi connectivity index (χ4v) is 3.07. The lowest BCUT2D eigenvalue weighted by Gasteiger charge is -2.25. The van der Waals surface area contributed by atoms with Crippen molar-refractivity contribution >= 4 is 23.4 Å². The van der Waals surface area contributed by atoms with Crippen molar-refractivity contribution in [1.82, 2.24) is 9.97 Å². The largest absolute Gasteiger partial charge is 0.355 e. The Morgan fingerprint density at radius 3 is 2.74 bits per heavy atom. The number of nitrogens with two attached hydrogens (primary N) is 1. The average Bonchev–Trinajstić information content (AvgIpc) is 2.67. The van der Waals surface area contributed by atoms with Crippen LogP contribution in [-0.4, -0.2) is 34.6 Å². The minimum absolute atomic E-state index is 0.299. The maximum atomic E-state index is 5.59. The molecule has 0 radical (unpaired) electrons. The van der Waals surface area contributed by atoms with Crippen LogP contribution in [0.3, 0.4) is 0 Å². The summed E-state index contributed by atoms with van der Waals surface area (Å²) in [5.74, 6) is 10.9. The lowest BCUT2D eigenvalue weighted by Crippen LogP contribution is -2.28. The summed E-state index contributed by atoms with van der Waals surface area (Å²) < 4.78 is 0. The van der Waals surface area contributed by atoms with Crippen molar-refractivity contribution in [1.29, 1.82) is 0 Å². The van der Waals surface area contributed by atoms with Gasteiger partial charge in [-0.25, -0.2) is 15.8 Å². The molecule has 1 fully saturated rings. The molecular weight excluding hydrogens is 258 g/mol. The molecule has 0 saturated carbocycles. The minimum Gasteiger partial charge on any atom is -0.355 e. The molecule has 1 aromatic rings. The first-order chi connectivity index (χ1) is 9.13. The first-order valence-corrected chi connectivity index (χ1v) is 7.96. The van der Waals surface area contributed by atoms with Crippen molar-refractivity contribution < 1.29 is 0 Å². The van der Waals surface area contributed by atoms with E-state index in [0.29, 0.717) is 5.92 Å². The maximum absolute atomic E-state index is 5.59. The van der Waals surface area contributed by atoms with Crippen LogP contribution in [0.15, 0.2) is 0 Å². The van der Waals surface area contributed by atoms with Gasteiger partial charge >= 0.3 is 0 Å². The van der Waals surface area contributed by atoms with Gasteiger partial charge in [0.25, 0.3) is 0 Å². The number of anilines is 2. The number of hydrogen-bond donors (Lipinski definition) is 2. The van der Waals surface area contributed by atoms with Gasteiger partial charge in [-0.3, -0.25) is 0 Å². The molecule has 19 heavy (non-hydrogen) atoms. The molecule has 0 spiro atoms. The van der Waals surface area contributed by atoms with Crippen LogP contribution in [-0.2, 0) is 0 Å². The number of nitrogens with zero attached hydrogens (tertiary/aromatic N) is 3. The summed E-state index contributed by atoms with van der Waals surface area (Å²) in [6.45, 7) is 8.35. The molecule has 1 aromatic heterocycles. The fourth-order valence-electron chi connectivity index (χ4n) is 2.19. The van der Waals surface area contributed by atoms with Gasteiger partial charge in [0.1, 0.15) is 17.5 Å². The summed E-state index contributed by atoms with van der Waals surface area (Å²) in [7, 11) is 0.